The summed E-state index contributed by atoms with van der Waals surface area (Å²) in [5.74, 6) is 0.967. The zero-order valence-electron chi connectivity index (χ0n) is 17.4. The molecule has 0 spiro atoms. The Morgan fingerprint density at radius 1 is 1.21 bits per heavy atom. The number of aromatic hydroxyl groups is 1. The van der Waals surface area contributed by atoms with Crippen molar-refractivity contribution in [2.45, 2.75) is 59.1 Å². The molecule has 1 amide bonds. The van der Waals surface area contributed by atoms with E-state index < -0.39 is 5.60 Å². The van der Waals surface area contributed by atoms with Crippen molar-refractivity contribution in [2.24, 2.45) is 0 Å². The van der Waals surface area contributed by atoms with Crippen molar-refractivity contribution in [2.75, 3.05) is 4.90 Å². The van der Waals surface area contributed by atoms with E-state index in [4.69, 9.17) is 4.74 Å². The number of para-hydroxylation sites is 1. The molecule has 3 rings (SSSR count). The van der Waals surface area contributed by atoms with Crippen LogP contribution in [0.25, 0.3) is 0 Å². The Balaban J connectivity index is 2.04. The number of ether oxygens (including phenoxy) is 1. The molecule has 148 valence electrons. The Labute approximate surface area is 167 Å². The molecule has 0 aliphatic carbocycles. The van der Waals surface area contributed by atoms with Crippen LogP contribution in [0.3, 0.4) is 0 Å². The van der Waals surface area contributed by atoms with E-state index in [9.17, 15) is 9.90 Å². The normalized spacial score (nSPS) is 19.3. The molecule has 1 aliphatic rings. The Morgan fingerprint density at radius 2 is 1.86 bits per heavy atom. The Hall–Kier alpha value is -2.75. The van der Waals surface area contributed by atoms with Crippen LogP contribution in [0.4, 0.5) is 5.69 Å². The lowest BCUT2D eigenvalue weighted by atomic mass is 9.86. The molecule has 2 atom stereocenters. The van der Waals surface area contributed by atoms with Gasteiger partial charge >= 0.3 is 0 Å². The fourth-order valence-electron chi connectivity index (χ4n) is 3.88. The van der Waals surface area contributed by atoms with Crippen LogP contribution in [0.15, 0.2) is 43.0 Å². The number of hydrogen-bond acceptors (Lipinski definition) is 3. The number of carbonyl (C=O) groups is 1. The smallest absolute Gasteiger partial charge is 0.271 e. The third kappa shape index (κ3) is 3.17. The van der Waals surface area contributed by atoms with Crippen LogP contribution >= 0.6 is 0 Å². The van der Waals surface area contributed by atoms with E-state index in [0.29, 0.717) is 18.6 Å². The lowest BCUT2D eigenvalue weighted by Gasteiger charge is -2.41. The predicted octanol–water partition coefficient (Wildman–Crippen LogP) is 5.01. The van der Waals surface area contributed by atoms with Gasteiger partial charge in [-0.15, -0.1) is 6.58 Å². The molecule has 2 unspecified atom stereocenters. The van der Waals surface area contributed by atoms with Gasteiger partial charge in [0.25, 0.3) is 5.91 Å². The van der Waals surface area contributed by atoms with Crippen molar-refractivity contribution in [3.63, 3.8) is 0 Å². The van der Waals surface area contributed by atoms with E-state index in [1.807, 2.05) is 65.0 Å². The molecule has 1 heterocycles. The van der Waals surface area contributed by atoms with E-state index in [-0.39, 0.29) is 11.9 Å². The van der Waals surface area contributed by atoms with Gasteiger partial charge in [0, 0.05) is 17.7 Å². The number of nitrogens with zero attached hydrogens (tertiary/aromatic N) is 1. The third-order valence-corrected chi connectivity index (χ3v) is 5.97. The van der Waals surface area contributed by atoms with Crippen molar-refractivity contribution >= 4 is 11.6 Å². The van der Waals surface area contributed by atoms with Gasteiger partial charge in [-0.05, 0) is 69.9 Å². The van der Waals surface area contributed by atoms with Gasteiger partial charge in [0.1, 0.15) is 11.5 Å². The van der Waals surface area contributed by atoms with Gasteiger partial charge in [0.15, 0.2) is 5.60 Å². The number of amides is 1. The number of phenolic OH excluding ortho intramolecular Hbond substituents is 1. The SMILES string of the molecule is C=CC(C)N(C(=O)C1(C)CCc2c(C)c(O)c(C)c(C)c2O1)c1ccccc1. The first kappa shape index (κ1) is 20.0. The number of anilines is 1. The zero-order valence-corrected chi connectivity index (χ0v) is 17.4. The quantitative estimate of drug-likeness (QED) is 0.760. The summed E-state index contributed by atoms with van der Waals surface area (Å²) in [7, 11) is 0. The number of phenols is 1. The topological polar surface area (TPSA) is 49.8 Å². The average Bonchev–Trinajstić information content (AvgIpc) is 2.71. The van der Waals surface area contributed by atoms with Crippen LogP contribution < -0.4 is 9.64 Å². The molecule has 1 N–H and O–H groups in total. The summed E-state index contributed by atoms with van der Waals surface area (Å²) < 4.78 is 6.39. The standard InChI is InChI=1S/C24H29NO3/c1-7-15(2)25(19-11-9-8-10-12-19)23(27)24(6)14-13-20-18(5)21(26)16(3)17(4)22(20)28-24/h7-12,15,26H,1,13-14H2,2-6H3. The first-order valence-corrected chi connectivity index (χ1v) is 9.73. The minimum atomic E-state index is -0.985. The largest absolute Gasteiger partial charge is 0.507 e. The number of benzene rings is 2. The predicted molar refractivity (Wildman–Crippen MR) is 113 cm³/mol. The van der Waals surface area contributed by atoms with E-state index in [2.05, 4.69) is 6.58 Å². The summed E-state index contributed by atoms with van der Waals surface area (Å²) in [4.78, 5) is 15.4. The summed E-state index contributed by atoms with van der Waals surface area (Å²) >= 11 is 0. The van der Waals surface area contributed by atoms with Gasteiger partial charge in [0.2, 0.25) is 0 Å². The molecular weight excluding hydrogens is 350 g/mol. The number of carbonyl (C=O) groups excluding carboxylic acids is 1. The van der Waals surface area contributed by atoms with Gasteiger partial charge < -0.3 is 14.7 Å². The maximum Gasteiger partial charge on any atom is 0.271 e. The molecule has 0 radical (unpaired) electrons. The Bertz CT molecular complexity index is 919. The van der Waals surface area contributed by atoms with Gasteiger partial charge in [-0.2, -0.15) is 0 Å². The lowest BCUT2D eigenvalue weighted by molar-refractivity contribution is -0.134. The second kappa shape index (κ2) is 7.34. The van der Waals surface area contributed by atoms with E-state index in [1.165, 1.54) is 0 Å². The van der Waals surface area contributed by atoms with Crippen molar-refractivity contribution < 1.29 is 14.6 Å². The lowest BCUT2D eigenvalue weighted by Crippen LogP contribution is -2.55. The highest BCUT2D eigenvalue weighted by Crippen LogP contribution is 2.44. The average molecular weight is 380 g/mol. The molecule has 28 heavy (non-hydrogen) atoms. The summed E-state index contributed by atoms with van der Waals surface area (Å²) in [6.07, 6.45) is 3.00. The van der Waals surface area contributed by atoms with Crippen LogP contribution in [-0.2, 0) is 11.2 Å². The van der Waals surface area contributed by atoms with E-state index in [1.54, 1.807) is 11.0 Å². The molecule has 2 aromatic carbocycles. The van der Waals surface area contributed by atoms with Crippen LogP contribution in [0.5, 0.6) is 11.5 Å². The molecular formula is C24H29NO3. The molecule has 1 aliphatic heterocycles. The van der Waals surface area contributed by atoms with Crippen molar-refractivity contribution in [3.05, 3.63) is 65.2 Å². The molecule has 0 bridgehead atoms. The fourth-order valence-corrected chi connectivity index (χ4v) is 3.88. The van der Waals surface area contributed by atoms with E-state index >= 15 is 0 Å². The van der Waals surface area contributed by atoms with Crippen molar-refractivity contribution in [3.8, 4) is 11.5 Å². The number of fused-ring (bicyclic) bond motifs is 1. The van der Waals surface area contributed by atoms with Crippen LogP contribution in [0.2, 0.25) is 0 Å². The summed E-state index contributed by atoms with van der Waals surface area (Å²) in [6.45, 7) is 13.4. The minimum absolute atomic E-state index is 0.0838. The molecule has 4 nitrogen and oxygen atoms in total. The van der Waals surface area contributed by atoms with Gasteiger partial charge in [-0.25, -0.2) is 0 Å². The van der Waals surface area contributed by atoms with Crippen molar-refractivity contribution in [1.29, 1.82) is 0 Å². The summed E-state index contributed by atoms with van der Waals surface area (Å²) in [6, 6.07) is 9.46. The first-order valence-electron chi connectivity index (χ1n) is 9.73. The maximum absolute atomic E-state index is 13.7. The summed E-state index contributed by atoms with van der Waals surface area (Å²) in [5.41, 5.74) is 3.36. The van der Waals surface area contributed by atoms with E-state index in [0.717, 1.165) is 33.7 Å². The molecule has 2 aromatic rings. The van der Waals surface area contributed by atoms with Crippen LogP contribution in [0.1, 0.15) is 42.5 Å². The Morgan fingerprint density at radius 3 is 2.46 bits per heavy atom. The van der Waals surface area contributed by atoms with Gasteiger partial charge in [-0.1, -0.05) is 24.3 Å². The molecule has 0 saturated heterocycles. The summed E-state index contributed by atoms with van der Waals surface area (Å²) in [5, 5.41) is 10.4. The number of hydrogen-bond donors (Lipinski definition) is 1. The zero-order chi connectivity index (χ0) is 20.6. The number of rotatable bonds is 4. The third-order valence-electron chi connectivity index (χ3n) is 5.97. The highest BCUT2D eigenvalue weighted by atomic mass is 16.5. The second-order valence-electron chi connectivity index (χ2n) is 7.85. The maximum atomic E-state index is 13.7. The van der Waals surface area contributed by atoms with Crippen LogP contribution in [0, 0.1) is 20.8 Å². The molecule has 4 heteroatoms. The fraction of sp³-hybridized carbons (Fsp3) is 0.375. The minimum Gasteiger partial charge on any atom is -0.507 e. The molecule has 0 aromatic heterocycles. The Kier molecular flexibility index (Phi) is 5.24. The van der Waals surface area contributed by atoms with Gasteiger partial charge in [0.05, 0.1) is 6.04 Å². The van der Waals surface area contributed by atoms with Gasteiger partial charge in [-0.3, -0.25) is 4.79 Å². The highest BCUT2D eigenvalue weighted by molar-refractivity contribution is 6.00. The monoisotopic (exact) mass is 379 g/mol. The second-order valence-corrected chi connectivity index (χ2v) is 7.85. The molecule has 0 fully saturated rings. The first-order chi connectivity index (χ1) is 13.2. The molecule has 0 saturated carbocycles. The van der Waals surface area contributed by atoms with Crippen molar-refractivity contribution in [1.82, 2.24) is 0 Å². The highest BCUT2D eigenvalue weighted by Gasteiger charge is 2.44. The van der Waals surface area contributed by atoms with Crippen LogP contribution in [-0.4, -0.2) is 22.7 Å².